The van der Waals surface area contributed by atoms with Crippen LogP contribution in [-0.4, -0.2) is 22.3 Å². The van der Waals surface area contributed by atoms with E-state index in [0.717, 1.165) is 26.1 Å². The lowest BCUT2D eigenvalue weighted by molar-refractivity contribution is 0.140. The highest BCUT2D eigenvalue weighted by atomic mass is 16.5. The predicted molar refractivity (Wildman–Crippen MR) is 193 cm³/mol. The van der Waals surface area contributed by atoms with Gasteiger partial charge in [-0.15, -0.1) is 0 Å². The fourth-order valence-corrected chi connectivity index (χ4v) is 8.21. The second kappa shape index (κ2) is 10.5. The number of rotatable bonds is 7. The van der Waals surface area contributed by atoms with E-state index >= 15 is 0 Å². The first-order chi connectivity index (χ1) is 22.7. The van der Waals surface area contributed by atoms with Crippen LogP contribution in [0.1, 0.15) is 37.8 Å². The molecule has 1 aliphatic rings. The van der Waals surface area contributed by atoms with E-state index in [1.165, 1.54) is 77.2 Å². The average Bonchev–Trinajstić information content (AvgIpc) is 3.71. The number of hydrogen-bond acceptors (Lipinski definition) is 1. The molecule has 0 bridgehead atoms. The molecular formula is C43H36N2O. The van der Waals surface area contributed by atoms with Crippen LogP contribution < -0.4 is 0 Å². The average molecular weight is 597 g/mol. The molecule has 9 rings (SSSR count). The number of nitrogens with zero attached hydrogens (tertiary/aromatic N) is 2. The van der Waals surface area contributed by atoms with Gasteiger partial charge >= 0.3 is 0 Å². The van der Waals surface area contributed by atoms with Gasteiger partial charge in [0.05, 0.1) is 22.1 Å². The van der Waals surface area contributed by atoms with Crippen molar-refractivity contribution in [3.8, 4) is 22.5 Å². The minimum atomic E-state index is -0.161. The first-order valence-electron chi connectivity index (χ1n) is 16.5. The topological polar surface area (TPSA) is 19.1 Å². The van der Waals surface area contributed by atoms with Gasteiger partial charge in [0.1, 0.15) is 0 Å². The molecular weight excluding hydrogens is 560 g/mol. The van der Waals surface area contributed by atoms with E-state index in [2.05, 4.69) is 156 Å². The van der Waals surface area contributed by atoms with Crippen molar-refractivity contribution in [2.75, 3.05) is 13.2 Å². The number of fused-ring (bicyclic) bond motifs is 9. The lowest BCUT2D eigenvalue weighted by Gasteiger charge is -2.28. The van der Waals surface area contributed by atoms with Crippen molar-refractivity contribution >= 4 is 43.6 Å². The van der Waals surface area contributed by atoms with Crippen LogP contribution in [0.2, 0.25) is 0 Å². The molecule has 0 spiro atoms. The van der Waals surface area contributed by atoms with Crippen molar-refractivity contribution in [1.29, 1.82) is 0 Å². The maximum absolute atomic E-state index is 5.86. The molecule has 0 saturated heterocycles. The van der Waals surface area contributed by atoms with Crippen LogP contribution in [0.25, 0.3) is 66.1 Å². The molecule has 0 radical (unpaired) electrons. The number of aromatic nitrogens is 2. The maximum Gasteiger partial charge on any atom is 0.0541 e. The van der Waals surface area contributed by atoms with Crippen LogP contribution in [0.15, 0.2) is 133 Å². The van der Waals surface area contributed by atoms with Crippen LogP contribution in [0.4, 0.5) is 0 Å². The van der Waals surface area contributed by atoms with E-state index < -0.39 is 0 Å². The van der Waals surface area contributed by atoms with E-state index in [-0.39, 0.29) is 5.41 Å². The maximum atomic E-state index is 5.86. The van der Waals surface area contributed by atoms with Gasteiger partial charge in [-0.05, 0) is 90.6 Å². The van der Waals surface area contributed by atoms with Crippen molar-refractivity contribution in [2.45, 2.75) is 32.1 Å². The third-order valence-corrected chi connectivity index (χ3v) is 10.3. The van der Waals surface area contributed by atoms with Gasteiger partial charge in [0.2, 0.25) is 0 Å². The summed E-state index contributed by atoms with van der Waals surface area (Å²) in [6.07, 6.45) is 2.02. The molecule has 0 saturated carbocycles. The fraction of sp³-hybridized carbons (Fsp3) is 0.163. The quantitative estimate of drug-likeness (QED) is 0.168. The van der Waals surface area contributed by atoms with Crippen molar-refractivity contribution in [2.24, 2.45) is 0 Å². The molecule has 2 aromatic heterocycles. The van der Waals surface area contributed by atoms with E-state index in [1.807, 2.05) is 0 Å². The molecule has 3 heteroatoms. The summed E-state index contributed by atoms with van der Waals surface area (Å²) < 4.78 is 10.7. The Hall–Kier alpha value is -5.12. The van der Waals surface area contributed by atoms with Crippen molar-refractivity contribution in [3.63, 3.8) is 0 Å². The Bertz CT molecular complexity index is 2170. The largest absolute Gasteiger partial charge is 0.382 e. The molecule has 0 fully saturated rings. The smallest absolute Gasteiger partial charge is 0.0541 e. The van der Waals surface area contributed by atoms with Crippen LogP contribution in [-0.2, 0) is 10.2 Å². The van der Waals surface area contributed by atoms with Gasteiger partial charge in [-0.3, -0.25) is 0 Å². The van der Waals surface area contributed by atoms with E-state index in [4.69, 9.17) is 4.74 Å². The second-order valence-electron chi connectivity index (χ2n) is 12.8. The van der Waals surface area contributed by atoms with Crippen molar-refractivity contribution in [3.05, 3.63) is 145 Å². The van der Waals surface area contributed by atoms with Gasteiger partial charge in [0.25, 0.3) is 0 Å². The monoisotopic (exact) mass is 596 g/mol. The van der Waals surface area contributed by atoms with Crippen LogP contribution >= 0.6 is 0 Å². The number of ether oxygens (including phenoxy) is 1. The molecule has 1 aliphatic carbocycles. The molecule has 2 heterocycles. The highest BCUT2D eigenvalue weighted by Crippen LogP contribution is 2.53. The molecule has 8 aromatic rings. The molecule has 46 heavy (non-hydrogen) atoms. The Morgan fingerprint density at radius 2 is 0.913 bits per heavy atom. The highest BCUT2D eigenvalue weighted by molar-refractivity contribution is 6.10. The number of hydrogen-bond donors (Lipinski definition) is 0. The van der Waals surface area contributed by atoms with Gasteiger partial charge < -0.3 is 13.9 Å². The molecule has 0 N–H and O–H groups in total. The first kappa shape index (κ1) is 27.2. The molecule has 0 aliphatic heterocycles. The summed E-state index contributed by atoms with van der Waals surface area (Å²) >= 11 is 0. The Kier molecular flexibility index (Phi) is 6.19. The molecule has 6 aromatic carbocycles. The van der Waals surface area contributed by atoms with E-state index in [0.29, 0.717) is 0 Å². The zero-order chi connectivity index (χ0) is 30.8. The molecule has 0 unspecified atom stereocenters. The summed E-state index contributed by atoms with van der Waals surface area (Å²) in [4.78, 5) is 0. The van der Waals surface area contributed by atoms with Crippen LogP contribution in [0.5, 0.6) is 0 Å². The van der Waals surface area contributed by atoms with Gasteiger partial charge in [0, 0.05) is 51.5 Å². The first-order valence-corrected chi connectivity index (χ1v) is 16.5. The molecule has 3 nitrogen and oxygen atoms in total. The van der Waals surface area contributed by atoms with Gasteiger partial charge in [0.15, 0.2) is 0 Å². The minimum absolute atomic E-state index is 0.161. The summed E-state index contributed by atoms with van der Waals surface area (Å²) in [7, 11) is 0. The Morgan fingerprint density at radius 3 is 1.30 bits per heavy atom. The van der Waals surface area contributed by atoms with Crippen LogP contribution in [0.3, 0.4) is 0 Å². The van der Waals surface area contributed by atoms with E-state index in [9.17, 15) is 0 Å². The Balaban J connectivity index is 1.25. The number of benzene rings is 6. The third-order valence-electron chi connectivity index (χ3n) is 10.3. The zero-order valence-corrected chi connectivity index (χ0v) is 26.3. The van der Waals surface area contributed by atoms with Gasteiger partial charge in [-0.25, -0.2) is 0 Å². The van der Waals surface area contributed by atoms with Crippen LogP contribution in [0, 0.1) is 0 Å². The lowest BCUT2D eigenvalue weighted by Crippen LogP contribution is -2.22. The summed E-state index contributed by atoms with van der Waals surface area (Å²) in [6, 6.07) is 49.4. The van der Waals surface area contributed by atoms with Gasteiger partial charge in [-0.1, -0.05) is 91.9 Å². The predicted octanol–water partition coefficient (Wildman–Crippen LogP) is 11.0. The summed E-state index contributed by atoms with van der Waals surface area (Å²) in [5.74, 6) is 0. The SMILES string of the molecule is CCOCCCC1(C)c2cc(-n3c4ccccc4c4ccccc43)ccc2-c2ccc(-n3c4ccccc4c4ccccc43)cc21. The summed E-state index contributed by atoms with van der Waals surface area (Å²) in [6.45, 7) is 6.06. The lowest BCUT2D eigenvalue weighted by atomic mass is 9.76. The highest BCUT2D eigenvalue weighted by Gasteiger charge is 2.39. The Morgan fingerprint density at radius 1 is 0.522 bits per heavy atom. The normalized spacial score (nSPS) is 13.6. The van der Waals surface area contributed by atoms with Crippen molar-refractivity contribution in [1.82, 2.24) is 9.13 Å². The third kappa shape index (κ3) is 3.88. The zero-order valence-electron chi connectivity index (χ0n) is 26.3. The number of para-hydroxylation sites is 4. The van der Waals surface area contributed by atoms with Crippen molar-refractivity contribution < 1.29 is 4.74 Å². The second-order valence-corrected chi connectivity index (χ2v) is 12.8. The molecule has 0 atom stereocenters. The standard InChI is InChI=1S/C43H36N2O/c1-3-46-26-12-25-43(2)37-27-29(44-39-17-8-4-13-33(39)34-14-5-9-18-40(34)44)21-23-31(37)32-24-22-30(28-38(32)43)45-41-19-10-6-15-35(41)36-16-7-11-20-42(36)45/h4-11,13-24,27-28H,3,12,25-26H2,1-2H3. The molecule has 0 amide bonds. The molecule has 224 valence electrons. The van der Waals surface area contributed by atoms with Gasteiger partial charge in [-0.2, -0.15) is 0 Å². The fourth-order valence-electron chi connectivity index (χ4n) is 8.21. The Labute approximate surface area is 269 Å². The minimum Gasteiger partial charge on any atom is -0.382 e. The summed E-state index contributed by atoms with van der Waals surface area (Å²) in [5, 5.41) is 5.16. The van der Waals surface area contributed by atoms with E-state index in [1.54, 1.807) is 0 Å². The summed E-state index contributed by atoms with van der Waals surface area (Å²) in [5.41, 5.74) is 12.7.